The van der Waals surface area contributed by atoms with Crippen molar-refractivity contribution in [3.05, 3.63) is 0 Å². The van der Waals surface area contributed by atoms with E-state index in [9.17, 15) is 9.13 Å². The summed E-state index contributed by atoms with van der Waals surface area (Å²) in [6.45, 7) is 7.60. The molecule has 2 unspecified atom stereocenters. The summed E-state index contributed by atoms with van der Waals surface area (Å²) in [4.78, 5) is 0. The van der Waals surface area contributed by atoms with Crippen LogP contribution in [0.25, 0.3) is 0 Å². The SMILES string of the molecule is CCOP(C)(=O)C(CCCBr)P(=O)(OCC)OCC. The van der Waals surface area contributed by atoms with Gasteiger partial charge in [0.2, 0.25) is 7.37 Å². The Morgan fingerprint density at radius 3 is 1.84 bits per heavy atom. The second-order valence-corrected chi connectivity index (χ2v) is 10.1. The largest absolute Gasteiger partial charge is 0.343 e. The van der Waals surface area contributed by atoms with Crippen LogP contribution in [0, 0.1) is 0 Å². The molecule has 8 heteroatoms. The fraction of sp³-hybridized carbons (Fsp3) is 1.00. The Labute approximate surface area is 124 Å². The molecule has 0 fully saturated rings. The molecule has 0 saturated carbocycles. The van der Waals surface area contributed by atoms with Crippen molar-refractivity contribution < 1.29 is 22.7 Å². The van der Waals surface area contributed by atoms with Crippen molar-refractivity contribution in [3.8, 4) is 0 Å². The van der Waals surface area contributed by atoms with E-state index >= 15 is 0 Å². The summed E-state index contributed by atoms with van der Waals surface area (Å²) in [6.07, 6.45) is 1.22. The maximum Gasteiger partial charge on any atom is 0.343 e. The minimum Gasteiger partial charge on any atom is -0.328 e. The summed E-state index contributed by atoms with van der Waals surface area (Å²) >= 11 is 3.33. The molecule has 0 spiro atoms. The van der Waals surface area contributed by atoms with Crippen molar-refractivity contribution in [2.24, 2.45) is 0 Å². The lowest BCUT2D eigenvalue weighted by atomic mass is 10.4. The monoisotopic (exact) mass is 378 g/mol. The number of halogens is 1. The van der Waals surface area contributed by atoms with Crippen LogP contribution in [0.4, 0.5) is 0 Å². The van der Waals surface area contributed by atoms with Crippen LogP contribution in [-0.4, -0.2) is 37.2 Å². The van der Waals surface area contributed by atoms with Crippen LogP contribution >= 0.6 is 30.9 Å². The molecule has 0 heterocycles. The van der Waals surface area contributed by atoms with Crippen molar-refractivity contribution in [3.63, 3.8) is 0 Å². The van der Waals surface area contributed by atoms with E-state index in [1.54, 1.807) is 20.8 Å². The highest BCUT2D eigenvalue weighted by Gasteiger charge is 2.46. The molecule has 5 nitrogen and oxygen atoms in total. The Balaban J connectivity index is 5.28. The van der Waals surface area contributed by atoms with Gasteiger partial charge in [-0.05, 0) is 33.6 Å². The van der Waals surface area contributed by atoms with Crippen LogP contribution < -0.4 is 0 Å². The minimum atomic E-state index is -3.42. The van der Waals surface area contributed by atoms with Gasteiger partial charge in [-0.2, -0.15) is 0 Å². The molecule has 2 atom stereocenters. The molecule has 0 saturated heterocycles. The summed E-state index contributed by atoms with van der Waals surface area (Å²) in [5.41, 5.74) is 0. The molecule has 0 bridgehead atoms. The molecule has 0 aromatic heterocycles. The second kappa shape index (κ2) is 9.70. The lowest BCUT2D eigenvalue weighted by molar-refractivity contribution is 0.214. The molecule has 0 rings (SSSR count). The smallest absolute Gasteiger partial charge is 0.328 e. The van der Waals surface area contributed by atoms with Gasteiger partial charge in [0, 0.05) is 12.0 Å². The van der Waals surface area contributed by atoms with Crippen LogP contribution in [0.15, 0.2) is 0 Å². The Bertz CT molecular complexity index is 327. The summed E-state index contributed by atoms with van der Waals surface area (Å²) in [7, 11) is -6.47. The standard InChI is InChI=1S/C11H25BrO5P2/c1-5-15-18(4,13)11(9-8-10-12)19(14,16-6-2)17-7-3/h11H,5-10H2,1-4H3. The van der Waals surface area contributed by atoms with Crippen molar-refractivity contribution in [2.45, 2.75) is 39.0 Å². The first kappa shape index (κ1) is 19.8. The van der Waals surface area contributed by atoms with E-state index in [-0.39, 0.29) is 13.2 Å². The van der Waals surface area contributed by atoms with E-state index in [4.69, 9.17) is 13.6 Å². The van der Waals surface area contributed by atoms with Gasteiger partial charge in [-0.3, -0.25) is 9.13 Å². The van der Waals surface area contributed by atoms with E-state index in [2.05, 4.69) is 15.9 Å². The zero-order valence-electron chi connectivity index (χ0n) is 12.1. The van der Waals surface area contributed by atoms with Gasteiger partial charge in [0.25, 0.3) is 0 Å². The first-order valence-corrected chi connectivity index (χ1v) is 11.4. The molecule has 19 heavy (non-hydrogen) atoms. The van der Waals surface area contributed by atoms with Crippen molar-refractivity contribution in [1.82, 2.24) is 0 Å². The Hall–Kier alpha value is 0.820. The van der Waals surface area contributed by atoms with E-state index in [0.29, 0.717) is 13.0 Å². The second-order valence-electron chi connectivity index (χ2n) is 4.01. The summed E-state index contributed by atoms with van der Waals surface area (Å²) in [5, 5.41) is 0.0471. The first-order valence-electron chi connectivity index (χ1n) is 6.54. The number of hydrogen-bond donors (Lipinski definition) is 0. The fourth-order valence-electron chi connectivity index (χ4n) is 1.82. The molecule has 0 N–H and O–H groups in total. The summed E-state index contributed by atoms with van der Waals surface area (Å²) in [5.74, 6) is 0. The molecular formula is C11H25BrO5P2. The number of alkyl halides is 1. The highest BCUT2D eigenvalue weighted by molar-refractivity contribution is 9.09. The molecule has 116 valence electrons. The van der Waals surface area contributed by atoms with Gasteiger partial charge in [-0.1, -0.05) is 15.9 Å². The van der Waals surface area contributed by atoms with Crippen LogP contribution in [0.1, 0.15) is 33.6 Å². The Morgan fingerprint density at radius 2 is 1.47 bits per heavy atom. The maximum atomic E-state index is 12.8. The van der Waals surface area contributed by atoms with E-state index < -0.39 is 20.4 Å². The lowest BCUT2D eigenvalue weighted by Gasteiger charge is -2.30. The minimum absolute atomic E-state index is 0.258. The molecule has 0 aliphatic rings. The van der Waals surface area contributed by atoms with Gasteiger partial charge in [-0.15, -0.1) is 0 Å². The topological polar surface area (TPSA) is 61.8 Å². The molecule has 0 aromatic carbocycles. The lowest BCUT2D eigenvalue weighted by Crippen LogP contribution is -2.16. The third-order valence-corrected chi connectivity index (χ3v) is 9.51. The van der Waals surface area contributed by atoms with Gasteiger partial charge in [0.15, 0.2) is 0 Å². The maximum absolute atomic E-state index is 12.8. The van der Waals surface area contributed by atoms with E-state index in [0.717, 1.165) is 11.8 Å². The average molecular weight is 379 g/mol. The molecule has 0 aliphatic heterocycles. The van der Waals surface area contributed by atoms with Gasteiger partial charge < -0.3 is 13.6 Å². The first-order chi connectivity index (χ1) is 8.87. The summed E-state index contributed by atoms with van der Waals surface area (Å²) < 4.78 is 41.5. The van der Waals surface area contributed by atoms with E-state index in [1.165, 1.54) is 6.66 Å². The number of rotatable bonds is 11. The highest BCUT2D eigenvalue weighted by Crippen LogP contribution is 2.69. The van der Waals surface area contributed by atoms with Crippen molar-refractivity contribution in [2.75, 3.05) is 31.8 Å². The predicted octanol–water partition coefficient (Wildman–Crippen LogP) is 4.70. The average Bonchev–Trinajstić information content (AvgIpc) is 2.29. The normalized spacial score (nSPS) is 17.1. The third kappa shape index (κ3) is 6.41. The third-order valence-electron chi connectivity index (χ3n) is 2.51. The Kier molecular flexibility index (Phi) is 10.1. The highest BCUT2D eigenvalue weighted by atomic mass is 79.9. The summed E-state index contributed by atoms with van der Waals surface area (Å²) in [6, 6.07) is 0. The van der Waals surface area contributed by atoms with Crippen LogP contribution in [-0.2, 0) is 22.7 Å². The quantitative estimate of drug-likeness (QED) is 0.385. The van der Waals surface area contributed by atoms with Gasteiger partial charge in [-0.25, -0.2) is 0 Å². The van der Waals surface area contributed by atoms with Crippen LogP contribution in [0.2, 0.25) is 0 Å². The number of hydrogen-bond acceptors (Lipinski definition) is 5. The molecular weight excluding hydrogens is 354 g/mol. The van der Waals surface area contributed by atoms with Gasteiger partial charge in [0.05, 0.1) is 19.8 Å². The van der Waals surface area contributed by atoms with Crippen molar-refractivity contribution in [1.29, 1.82) is 0 Å². The molecule has 0 radical (unpaired) electrons. The molecule has 0 aromatic rings. The zero-order chi connectivity index (χ0) is 14.9. The predicted molar refractivity (Wildman–Crippen MR) is 82.8 cm³/mol. The van der Waals surface area contributed by atoms with Crippen LogP contribution in [0.5, 0.6) is 0 Å². The molecule has 0 aliphatic carbocycles. The Morgan fingerprint density at radius 1 is 1.00 bits per heavy atom. The fourth-order valence-corrected chi connectivity index (χ4v) is 7.77. The van der Waals surface area contributed by atoms with Gasteiger partial charge in [0.1, 0.15) is 5.40 Å². The van der Waals surface area contributed by atoms with E-state index in [1.807, 2.05) is 0 Å². The van der Waals surface area contributed by atoms with Gasteiger partial charge >= 0.3 is 7.60 Å². The van der Waals surface area contributed by atoms with Crippen molar-refractivity contribution >= 4 is 30.9 Å². The zero-order valence-corrected chi connectivity index (χ0v) is 15.5. The van der Waals surface area contributed by atoms with Crippen LogP contribution in [0.3, 0.4) is 0 Å². The molecule has 0 amide bonds.